The van der Waals surface area contributed by atoms with Gasteiger partial charge >= 0.3 is 12.2 Å². The minimum atomic E-state index is -0.299. The van der Waals surface area contributed by atoms with Crippen molar-refractivity contribution in [2.24, 2.45) is 0 Å². The number of amides is 2. The van der Waals surface area contributed by atoms with Crippen molar-refractivity contribution in [3.8, 4) is 11.5 Å². The normalized spacial score (nSPS) is 17.4. The van der Waals surface area contributed by atoms with Gasteiger partial charge in [-0.1, -0.05) is 12.1 Å². The van der Waals surface area contributed by atoms with Crippen LogP contribution in [0, 0.1) is 0 Å². The molecule has 2 heterocycles. The van der Waals surface area contributed by atoms with Crippen molar-refractivity contribution in [1.82, 2.24) is 9.80 Å². The standard InChI is InChI=1S/C22H26N2O4/c25-21(23-11-3-1-4-12-23)27-19-9-7-17-8-10-20(16-18(17)15-19)28-22(26)24-13-5-2-6-14-24/h7-10,15-16H,1-6,11-14H2. The minimum absolute atomic E-state index is 0.299. The van der Waals surface area contributed by atoms with Crippen LogP contribution in [-0.2, 0) is 0 Å². The smallest absolute Gasteiger partial charge is 0.410 e. The maximum atomic E-state index is 12.3. The summed E-state index contributed by atoms with van der Waals surface area (Å²) in [5, 5.41) is 1.86. The highest BCUT2D eigenvalue weighted by atomic mass is 16.6. The Morgan fingerprint density at radius 1 is 0.607 bits per heavy atom. The van der Waals surface area contributed by atoms with E-state index >= 15 is 0 Å². The molecule has 2 aromatic carbocycles. The Hall–Kier alpha value is -2.76. The first-order valence-electron chi connectivity index (χ1n) is 10.2. The van der Waals surface area contributed by atoms with Gasteiger partial charge < -0.3 is 19.3 Å². The lowest BCUT2D eigenvalue weighted by atomic mass is 10.1. The number of carbonyl (C=O) groups excluding carboxylic acids is 2. The van der Waals surface area contributed by atoms with Gasteiger partial charge in [-0.05, 0) is 73.6 Å². The van der Waals surface area contributed by atoms with E-state index in [0.717, 1.165) is 62.6 Å². The molecule has 0 aromatic heterocycles. The van der Waals surface area contributed by atoms with Gasteiger partial charge in [-0.2, -0.15) is 0 Å². The van der Waals surface area contributed by atoms with Crippen LogP contribution in [0.15, 0.2) is 36.4 Å². The van der Waals surface area contributed by atoms with Crippen molar-refractivity contribution in [2.75, 3.05) is 26.2 Å². The largest absolute Gasteiger partial charge is 0.415 e. The molecule has 0 unspecified atom stereocenters. The van der Waals surface area contributed by atoms with Crippen molar-refractivity contribution in [1.29, 1.82) is 0 Å². The summed E-state index contributed by atoms with van der Waals surface area (Å²) in [5.74, 6) is 1.00. The Kier molecular flexibility index (Phi) is 5.65. The lowest BCUT2D eigenvalue weighted by molar-refractivity contribution is 0.142. The summed E-state index contributed by atoms with van der Waals surface area (Å²) >= 11 is 0. The van der Waals surface area contributed by atoms with Crippen molar-refractivity contribution in [3.63, 3.8) is 0 Å². The number of ether oxygens (including phenoxy) is 2. The zero-order chi connectivity index (χ0) is 19.3. The fourth-order valence-electron chi connectivity index (χ4n) is 3.81. The first-order valence-corrected chi connectivity index (χ1v) is 10.2. The second-order valence-corrected chi connectivity index (χ2v) is 7.50. The predicted molar refractivity (Wildman–Crippen MR) is 107 cm³/mol. The van der Waals surface area contributed by atoms with E-state index in [9.17, 15) is 9.59 Å². The molecule has 0 aliphatic carbocycles. The third-order valence-electron chi connectivity index (χ3n) is 5.42. The molecule has 0 bridgehead atoms. The van der Waals surface area contributed by atoms with Gasteiger partial charge in [0, 0.05) is 26.2 Å². The van der Waals surface area contributed by atoms with Crippen LogP contribution in [0.3, 0.4) is 0 Å². The molecular weight excluding hydrogens is 356 g/mol. The zero-order valence-electron chi connectivity index (χ0n) is 16.1. The molecule has 28 heavy (non-hydrogen) atoms. The fourth-order valence-corrected chi connectivity index (χ4v) is 3.81. The Balaban J connectivity index is 1.45. The molecule has 2 amide bonds. The second-order valence-electron chi connectivity index (χ2n) is 7.50. The van der Waals surface area contributed by atoms with Crippen LogP contribution in [-0.4, -0.2) is 48.2 Å². The average molecular weight is 382 g/mol. The number of benzene rings is 2. The zero-order valence-corrected chi connectivity index (χ0v) is 16.1. The maximum Gasteiger partial charge on any atom is 0.415 e. The van der Waals surface area contributed by atoms with Crippen molar-refractivity contribution >= 4 is 23.0 Å². The van der Waals surface area contributed by atoms with Crippen LogP contribution in [0.4, 0.5) is 9.59 Å². The number of fused-ring (bicyclic) bond motifs is 1. The van der Waals surface area contributed by atoms with E-state index < -0.39 is 0 Å². The molecule has 2 fully saturated rings. The second kappa shape index (κ2) is 8.50. The fraction of sp³-hybridized carbons (Fsp3) is 0.455. The van der Waals surface area contributed by atoms with Gasteiger partial charge in [-0.15, -0.1) is 0 Å². The Labute approximate surface area is 165 Å². The third-order valence-corrected chi connectivity index (χ3v) is 5.42. The molecule has 2 aromatic rings. The highest BCUT2D eigenvalue weighted by Crippen LogP contribution is 2.26. The number of carbonyl (C=O) groups is 2. The predicted octanol–water partition coefficient (Wildman–Crippen LogP) is 4.81. The molecule has 2 aliphatic rings. The van der Waals surface area contributed by atoms with E-state index in [0.29, 0.717) is 11.5 Å². The number of piperidine rings is 2. The van der Waals surface area contributed by atoms with Crippen LogP contribution < -0.4 is 9.47 Å². The van der Waals surface area contributed by atoms with Gasteiger partial charge in [-0.25, -0.2) is 9.59 Å². The van der Waals surface area contributed by atoms with Crippen molar-refractivity contribution in [2.45, 2.75) is 38.5 Å². The van der Waals surface area contributed by atoms with E-state index in [4.69, 9.17) is 9.47 Å². The molecular formula is C22H26N2O4. The summed E-state index contributed by atoms with van der Waals surface area (Å²) in [6.07, 6.45) is 5.84. The molecule has 4 rings (SSSR count). The molecule has 148 valence electrons. The van der Waals surface area contributed by atoms with Gasteiger partial charge in [-0.3, -0.25) is 0 Å². The van der Waals surface area contributed by atoms with Crippen molar-refractivity contribution < 1.29 is 19.1 Å². The van der Waals surface area contributed by atoms with Crippen LogP contribution in [0.2, 0.25) is 0 Å². The van der Waals surface area contributed by atoms with Crippen LogP contribution in [0.5, 0.6) is 11.5 Å². The summed E-state index contributed by atoms with van der Waals surface area (Å²) in [4.78, 5) is 28.1. The molecule has 2 aliphatic heterocycles. The molecule has 2 saturated heterocycles. The highest BCUT2D eigenvalue weighted by molar-refractivity contribution is 5.86. The maximum absolute atomic E-state index is 12.3. The number of rotatable bonds is 2. The monoisotopic (exact) mass is 382 g/mol. The summed E-state index contributed by atoms with van der Waals surface area (Å²) in [5.41, 5.74) is 0. The number of nitrogens with zero attached hydrogens (tertiary/aromatic N) is 2. The summed E-state index contributed by atoms with van der Waals surface area (Å²) in [7, 11) is 0. The summed E-state index contributed by atoms with van der Waals surface area (Å²) in [6, 6.07) is 11.0. The van der Waals surface area contributed by atoms with E-state index in [1.54, 1.807) is 21.9 Å². The van der Waals surface area contributed by atoms with E-state index in [1.807, 2.05) is 24.3 Å². The summed E-state index contributed by atoms with van der Waals surface area (Å²) < 4.78 is 11.1. The van der Waals surface area contributed by atoms with E-state index in [-0.39, 0.29) is 12.2 Å². The van der Waals surface area contributed by atoms with Gasteiger partial charge in [0.1, 0.15) is 11.5 Å². The third kappa shape index (κ3) is 4.38. The minimum Gasteiger partial charge on any atom is -0.410 e. The van der Waals surface area contributed by atoms with Gasteiger partial charge in [0.2, 0.25) is 0 Å². The van der Waals surface area contributed by atoms with Crippen LogP contribution >= 0.6 is 0 Å². The average Bonchev–Trinajstić information content (AvgIpc) is 2.74. The quantitative estimate of drug-likeness (QED) is 0.748. The molecule has 0 radical (unpaired) electrons. The van der Waals surface area contributed by atoms with E-state index in [2.05, 4.69) is 0 Å². The Morgan fingerprint density at radius 3 is 1.46 bits per heavy atom. The topological polar surface area (TPSA) is 59.1 Å². The van der Waals surface area contributed by atoms with E-state index in [1.165, 1.54) is 12.8 Å². The first-order chi connectivity index (χ1) is 13.7. The molecule has 6 nitrogen and oxygen atoms in total. The number of likely N-dealkylation sites (tertiary alicyclic amines) is 2. The SMILES string of the molecule is O=C(Oc1ccc2ccc(OC(=O)N3CCCCC3)cc2c1)N1CCCCC1. The van der Waals surface area contributed by atoms with Crippen LogP contribution in [0.25, 0.3) is 10.8 Å². The molecule has 0 atom stereocenters. The van der Waals surface area contributed by atoms with Gasteiger partial charge in [0.05, 0.1) is 0 Å². The Morgan fingerprint density at radius 2 is 1.04 bits per heavy atom. The summed E-state index contributed by atoms with van der Waals surface area (Å²) in [6.45, 7) is 3.01. The van der Waals surface area contributed by atoms with Gasteiger partial charge in [0.25, 0.3) is 0 Å². The van der Waals surface area contributed by atoms with Crippen molar-refractivity contribution in [3.05, 3.63) is 36.4 Å². The van der Waals surface area contributed by atoms with Crippen LogP contribution in [0.1, 0.15) is 38.5 Å². The molecule has 0 saturated carbocycles. The molecule has 0 spiro atoms. The lowest BCUT2D eigenvalue weighted by Crippen LogP contribution is -2.37. The number of hydrogen-bond donors (Lipinski definition) is 0. The lowest BCUT2D eigenvalue weighted by Gasteiger charge is -2.26. The molecule has 6 heteroatoms. The van der Waals surface area contributed by atoms with Gasteiger partial charge in [0.15, 0.2) is 0 Å². The number of hydrogen-bond acceptors (Lipinski definition) is 4. The first kappa shape index (κ1) is 18.6. The highest BCUT2D eigenvalue weighted by Gasteiger charge is 2.20. The molecule has 0 N–H and O–H groups in total. The Bertz CT molecular complexity index is 788.